The Bertz CT molecular complexity index is 526. The van der Waals surface area contributed by atoms with E-state index in [0.717, 1.165) is 24.9 Å². The highest BCUT2D eigenvalue weighted by molar-refractivity contribution is 5.51. The number of likely N-dealkylation sites (tertiary alicyclic amines) is 1. The van der Waals surface area contributed by atoms with E-state index < -0.39 is 0 Å². The first-order valence-electron chi connectivity index (χ1n) is 6.59. The van der Waals surface area contributed by atoms with E-state index in [9.17, 15) is 5.11 Å². The van der Waals surface area contributed by atoms with E-state index >= 15 is 0 Å². The van der Waals surface area contributed by atoms with Crippen LogP contribution in [0, 0.1) is 0 Å². The zero-order valence-electron chi connectivity index (χ0n) is 10.7. The molecule has 5 heteroatoms. The summed E-state index contributed by atoms with van der Waals surface area (Å²) >= 11 is 0. The SMILES string of the molecule is OC[C@H]1CCCN1Cc1nnc(-c2ccccc2)o1. The van der Waals surface area contributed by atoms with Crippen LogP contribution in [0.2, 0.25) is 0 Å². The first kappa shape index (κ1) is 12.3. The first-order chi connectivity index (χ1) is 9.36. The fourth-order valence-corrected chi connectivity index (χ4v) is 2.50. The number of aliphatic hydroxyl groups is 1. The molecule has 0 unspecified atom stereocenters. The number of nitrogens with zero attached hydrogens (tertiary/aromatic N) is 3. The molecule has 2 aromatic rings. The standard InChI is InChI=1S/C14H17N3O2/c18-10-12-7-4-8-17(12)9-13-15-16-14(19-13)11-5-2-1-3-6-11/h1-3,5-6,12,18H,4,7-10H2/t12-/m1/s1. The van der Waals surface area contributed by atoms with E-state index in [1.165, 1.54) is 0 Å². The maximum atomic E-state index is 9.29. The predicted octanol–water partition coefficient (Wildman–Crippen LogP) is 1.69. The van der Waals surface area contributed by atoms with Crippen molar-refractivity contribution in [3.63, 3.8) is 0 Å². The van der Waals surface area contributed by atoms with Gasteiger partial charge in [-0.15, -0.1) is 10.2 Å². The van der Waals surface area contributed by atoms with Crippen LogP contribution in [-0.2, 0) is 6.54 Å². The van der Waals surface area contributed by atoms with Crippen LogP contribution in [0.3, 0.4) is 0 Å². The maximum absolute atomic E-state index is 9.29. The fourth-order valence-electron chi connectivity index (χ4n) is 2.50. The van der Waals surface area contributed by atoms with Crippen LogP contribution < -0.4 is 0 Å². The lowest BCUT2D eigenvalue weighted by Crippen LogP contribution is -2.31. The summed E-state index contributed by atoms with van der Waals surface area (Å²) < 4.78 is 5.68. The van der Waals surface area contributed by atoms with Gasteiger partial charge in [0.1, 0.15) is 0 Å². The second-order valence-electron chi connectivity index (χ2n) is 4.82. The fraction of sp³-hybridized carbons (Fsp3) is 0.429. The van der Waals surface area contributed by atoms with Gasteiger partial charge in [0.25, 0.3) is 0 Å². The minimum atomic E-state index is 0.194. The molecule has 1 aliphatic rings. The van der Waals surface area contributed by atoms with Crippen LogP contribution in [0.15, 0.2) is 34.7 Å². The molecule has 1 saturated heterocycles. The minimum Gasteiger partial charge on any atom is -0.419 e. The smallest absolute Gasteiger partial charge is 0.247 e. The van der Waals surface area contributed by atoms with Gasteiger partial charge >= 0.3 is 0 Å². The Hall–Kier alpha value is -1.72. The highest BCUT2D eigenvalue weighted by Crippen LogP contribution is 2.21. The average molecular weight is 259 g/mol. The van der Waals surface area contributed by atoms with Crippen molar-refractivity contribution in [1.29, 1.82) is 0 Å². The lowest BCUT2D eigenvalue weighted by molar-refractivity contribution is 0.144. The number of hydrogen-bond donors (Lipinski definition) is 1. The van der Waals surface area contributed by atoms with Crippen LogP contribution >= 0.6 is 0 Å². The Kier molecular flexibility index (Phi) is 3.57. The van der Waals surface area contributed by atoms with Gasteiger partial charge < -0.3 is 9.52 Å². The number of hydrogen-bond acceptors (Lipinski definition) is 5. The first-order valence-corrected chi connectivity index (χ1v) is 6.59. The summed E-state index contributed by atoms with van der Waals surface area (Å²) in [7, 11) is 0. The molecule has 19 heavy (non-hydrogen) atoms. The third kappa shape index (κ3) is 2.67. The van der Waals surface area contributed by atoms with Gasteiger partial charge in [0.2, 0.25) is 11.8 Å². The van der Waals surface area contributed by atoms with E-state index in [2.05, 4.69) is 15.1 Å². The molecule has 3 rings (SSSR count). The van der Waals surface area contributed by atoms with Gasteiger partial charge in [0, 0.05) is 11.6 Å². The van der Waals surface area contributed by atoms with Crippen molar-refractivity contribution in [1.82, 2.24) is 15.1 Å². The van der Waals surface area contributed by atoms with E-state index in [1.54, 1.807) is 0 Å². The Morgan fingerprint density at radius 2 is 2.11 bits per heavy atom. The third-order valence-electron chi connectivity index (χ3n) is 3.54. The van der Waals surface area contributed by atoms with E-state index in [4.69, 9.17) is 4.42 Å². The van der Waals surface area contributed by atoms with Crippen molar-refractivity contribution in [3.05, 3.63) is 36.2 Å². The summed E-state index contributed by atoms with van der Waals surface area (Å²) in [6, 6.07) is 9.97. The summed E-state index contributed by atoms with van der Waals surface area (Å²) in [4.78, 5) is 2.20. The molecule has 5 nitrogen and oxygen atoms in total. The summed E-state index contributed by atoms with van der Waals surface area (Å²) in [5.74, 6) is 1.16. The van der Waals surface area contributed by atoms with Crippen LogP contribution in [0.25, 0.3) is 11.5 Å². The quantitative estimate of drug-likeness (QED) is 0.905. The maximum Gasteiger partial charge on any atom is 0.247 e. The van der Waals surface area contributed by atoms with Gasteiger partial charge in [-0.1, -0.05) is 18.2 Å². The molecule has 0 saturated carbocycles. The van der Waals surface area contributed by atoms with Gasteiger partial charge in [-0.2, -0.15) is 0 Å². The van der Waals surface area contributed by atoms with Crippen LogP contribution in [-0.4, -0.2) is 39.4 Å². The van der Waals surface area contributed by atoms with Gasteiger partial charge in [-0.25, -0.2) is 0 Å². The minimum absolute atomic E-state index is 0.194. The van der Waals surface area contributed by atoms with Gasteiger partial charge in [0.05, 0.1) is 13.2 Å². The monoisotopic (exact) mass is 259 g/mol. The molecular formula is C14H17N3O2. The highest BCUT2D eigenvalue weighted by Gasteiger charge is 2.25. The molecule has 0 aliphatic carbocycles. The molecule has 0 amide bonds. The summed E-state index contributed by atoms with van der Waals surface area (Å²) in [5, 5.41) is 17.4. The predicted molar refractivity (Wildman–Crippen MR) is 70.3 cm³/mol. The van der Waals surface area contributed by atoms with Crippen molar-refractivity contribution in [2.75, 3.05) is 13.2 Å². The van der Waals surface area contributed by atoms with Crippen molar-refractivity contribution in [2.45, 2.75) is 25.4 Å². The molecule has 1 aromatic carbocycles. The van der Waals surface area contributed by atoms with Gasteiger partial charge in [0.15, 0.2) is 0 Å². The number of aliphatic hydroxyl groups excluding tert-OH is 1. The Morgan fingerprint density at radius 3 is 2.89 bits per heavy atom. The van der Waals surface area contributed by atoms with E-state index in [-0.39, 0.29) is 12.6 Å². The Balaban J connectivity index is 1.72. The van der Waals surface area contributed by atoms with Gasteiger partial charge in [-0.3, -0.25) is 4.90 Å². The lowest BCUT2D eigenvalue weighted by atomic mass is 10.2. The van der Waals surface area contributed by atoms with Crippen molar-refractivity contribution in [3.8, 4) is 11.5 Å². The topological polar surface area (TPSA) is 62.4 Å². The van der Waals surface area contributed by atoms with Crippen molar-refractivity contribution in [2.24, 2.45) is 0 Å². The van der Waals surface area contributed by atoms with Crippen LogP contribution in [0.1, 0.15) is 18.7 Å². The zero-order valence-corrected chi connectivity index (χ0v) is 10.7. The molecule has 1 aromatic heterocycles. The Morgan fingerprint density at radius 1 is 1.26 bits per heavy atom. The third-order valence-corrected chi connectivity index (χ3v) is 3.54. The second kappa shape index (κ2) is 5.50. The number of rotatable bonds is 4. The van der Waals surface area contributed by atoms with Crippen LogP contribution in [0.5, 0.6) is 0 Å². The lowest BCUT2D eigenvalue weighted by Gasteiger charge is -2.20. The zero-order chi connectivity index (χ0) is 13.1. The summed E-state index contributed by atoms with van der Waals surface area (Å²) in [6.07, 6.45) is 2.15. The number of aromatic nitrogens is 2. The van der Waals surface area contributed by atoms with Crippen LogP contribution in [0.4, 0.5) is 0 Å². The molecule has 1 atom stereocenters. The summed E-state index contributed by atoms with van der Waals surface area (Å²) in [6.45, 7) is 1.79. The molecule has 100 valence electrons. The van der Waals surface area contributed by atoms with E-state index in [0.29, 0.717) is 18.3 Å². The molecule has 1 fully saturated rings. The molecule has 0 radical (unpaired) electrons. The average Bonchev–Trinajstić information content (AvgIpc) is 3.09. The van der Waals surface area contributed by atoms with Crippen molar-refractivity contribution < 1.29 is 9.52 Å². The number of benzene rings is 1. The highest BCUT2D eigenvalue weighted by atomic mass is 16.4. The molecule has 1 N–H and O–H groups in total. The molecule has 0 bridgehead atoms. The second-order valence-corrected chi connectivity index (χ2v) is 4.82. The van der Waals surface area contributed by atoms with Gasteiger partial charge in [-0.05, 0) is 31.5 Å². The largest absolute Gasteiger partial charge is 0.419 e. The van der Waals surface area contributed by atoms with E-state index in [1.807, 2.05) is 30.3 Å². The Labute approximate surface area is 111 Å². The summed E-state index contributed by atoms with van der Waals surface area (Å²) in [5.41, 5.74) is 0.932. The molecule has 2 heterocycles. The molecular weight excluding hydrogens is 242 g/mol. The molecule has 1 aliphatic heterocycles. The molecule has 0 spiro atoms. The van der Waals surface area contributed by atoms with Crippen molar-refractivity contribution >= 4 is 0 Å². The normalized spacial score (nSPS) is 19.9.